The van der Waals surface area contributed by atoms with Crippen LogP contribution in [0.1, 0.15) is 20.7 Å². The maximum absolute atomic E-state index is 11.0. The quantitative estimate of drug-likeness (QED) is 0.636. The van der Waals surface area contributed by atoms with E-state index in [0.29, 0.717) is 11.1 Å². The first-order chi connectivity index (χ1) is 9.56. The fraction of sp³-hybridized carbons (Fsp3) is 0.0667. The third-order valence-corrected chi connectivity index (χ3v) is 3.24. The highest BCUT2D eigenvalue weighted by Gasteiger charge is 2.07. The van der Waals surface area contributed by atoms with Gasteiger partial charge in [-0.1, -0.05) is 30.3 Å². The van der Waals surface area contributed by atoms with Crippen molar-refractivity contribution in [2.24, 2.45) is 0 Å². The van der Waals surface area contributed by atoms with Crippen LogP contribution in [0.5, 0.6) is 0 Å². The number of rotatable bonds is 2. The molecular weight excluding hydrogens is 371 g/mol. The van der Waals surface area contributed by atoms with Gasteiger partial charge >= 0.3 is 11.9 Å². The minimum atomic E-state index is -0.879. The fourth-order valence-electron chi connectivity index (χ4n) is 1.32. The second-order valence-corrected chi connectivity index (χ2v) is 4.80. The molecule has 0 bridgehead atoms. The highest BCUT2D eigenvalue weighted by molar-refractivity contribution is 14.1. The molecule has 0 saturated carbocycles. The molecule has 5 heteroatoms. The van der Waals surface area contributed by atoms with Crippen molar-refractivity contribution in [2.45, 2.75) is 0 Å². The third kappa shape index (κ3) is 5.00. The van der Waals surface area contributed by atoms with Gasteiger partial charge in [0.25, 0.3) is 0 Å². The third-order valence-electron chi connectivity index (χ3n) is 2.30. The first kappa shape index (κ1) is 16.2. The first-order valence-electron chi connectivity index (χ1n) is 5.67. The highest BCUT2D eigenvalue weighted by Crippen LogP contribution is 2.11. The Hall–Kier alpha value is -1.89. The zero-order chi connectivity index (χ0) is 15.0. The summed E-state index contributed by atoms with van der Waals surface area (Å²) in [7, 11) is 1.38. The lowest BCUT2D eigenvalue weighted by molar-refractivity contribution is 0.0598. The number of hydrogen-bond acceptors (Lipinski definition) is 3. The maximum Gasteiger partial charge on any atom is 0.338 e. The Morgan fingerprint density at radius 2 is 1.55 bits per heavy atom. The number of methoxy groups -OCH3 is 1. The zero-order valence-electron chi connectivity index (χ0n) is 10.7. The molecule has 2 rings (SSSR count). The number of halogens is 1. The largest absolute Gasteiger partial charge is 0.478 e. The Bertz CT molecular complexity index is 581. The molecule has 0 radical (unpaired) electrons. The lowest BCUT2D eigenvalue weighted by atomic mass is 10.2. The predicted molar refractivity (Wildman–Crippen MR) is 83.9 cm³/mol. The van der Waals surface area contributed by atoms with Crippen LogP contribution in [0.2, 0.25) is 0 Å². The summed E-state index contributed by atoms with van der Waals surface area (Å²) in [6.07, 6.45) is 0. The Balaban J connectivity index is 0.000000204. The number of carbonyl (C=O) groups excluding carboxylic acids is 1. The number of carbonyl (C=O) groups is 2. The number of hydrogen-bond donors (Lipinski definition) is 1. The number of esters is 1. The van der Waals surface area contributed by atoms with Crippen LogP contribution in [0.25, 0.3) is 0 Å². The minimum absolute atomic E-state index is 0.282. The molecule has 0 unspecified atom stereocenters. The highest BCUT2D eigenvalue weighted by atomic mass is 127. The zero-order valence-corrected chi connectivity index (χ0v) is 12.9. The molecule has 0 aliphatic carbocycles. The summed E-state index contributed by atoms with van der Waals surface area (Å²) in [5.41, 5.74) is 0.952. The van der Waals surface area contributed by atoms with E-state index in [4.69, 9.17) is 5.11 Å². The molecule has 2 aromatic rings. The second kappa shape index (κ2) is 8.31. The van der Waals surface area contributed by atoms with Crippen molar-refractivity contribution in [1.29, 1.82) is 0 Å². The van der Waals surface area contributed by atoms with E-state index >= 15 is 0 Å². The molecule has 20 heavy (non-hydrogen) atoms. The minimum Gasteiger partial charge on any atom is -0.478 e. The summed E-state index contributed by atoms with van der Waals surface area (Å²) in [6.45, 7) is 0. The van der Waals surface area contributed by atoms with Gasteiger partial charge in [-0.2, -0.15) is 0 Å². The Morgan fingerprint density at radius 1 is 1.00 bits per heavy atom. The molecule has 0 amide bonds. The van der Waals surface area contributed by atoms with Gasteiger partial charge in [0.1, 0.15) is 0 Å². The summed E-state index contributed by atoms with van der Waals surface area (Å²) < 4.78 is 5.49. The Morgan fingerprint density at radius 3 is 2.00 bits per heavy atom. The molecule has 2 aromatic carbocycles. The van der Waals surface area contributed by atoms with Crippen molar-refractivity contribution < 1.29 is 19.4 Å². The molecular formula is C15H13IO4. The van der Waals surface area contributed by atoms with Gasteiger partial charge in [-0.3, -0.25) is 0 Å². The summed E-state index contributed by atoms with van der Waals surface area (Å²) >= 11 is 2.10. The van der Waals surface area contributed by atoms with Crippen molar-refractivity contribution in [3.63, 3.8) is 0 Å². The van der Waals surface area contributed by atoms with E-state index < -0.39 is 5.97 Å². The maximum atomic E-state index is 11.0. The van der Waals surface area contributed by atoms with Crippen LogP contribution in [0, 0.1) is 3.57 Å². The summed E-state index contributed by atoms with van der Waals surface area (Å²) in [4.78, 5) is 21.2. The standard InChI is InChI=1S/C8H7IO2.C7H6O2/c1-11-8(10)6-4-2-3-5-7(6)9;8-7(9)6-4-2-1-3-5-6/h2-5H,1H3;1-5H,(H,8,9). The molecule has 0 fully saturated rings. The van der Waals surface area contributed by atoms with Gasteiger partial charge in [-0.25, -0.2) is 9.59 Å². The Labute approximate surface area is 130 Å². The topological polar surface area (TPSA) is 63.6 Å². The van der Waals surface area contributed by atoms with Gasteiger partial charge < -0.3 is 9.84 Å². The van der Waals surface area contributed by atoms with E-state index in [-0.39, 0.29) is 5.97 Å². The SMILES string of the molecule is COC(=O)c1ccccc1I.O=C(O)c1ccccc1. The molecule has 1 N–H and O–H groups in total. The van der Waals surface area contributed by atoms with Crippen molar-refractivity contribution in [3.8, 4) is 0 Å². The first-order valence-corrected chi connectivity index (χ1v) is 6.75. The normalized spacial score (nSPS) is 9.10. The van der Waals surface area contributed by atoms with Crippen molar-refractivity contribution in [3.05, 3.63) is 69.3 Å². The van der Waals surface area contributed by atoms with E-state index in [9.17, 15) is 9.59 Å². The van der Waals surface area contributed by atoms with E-state index in [1.165, 1.54) is 7.11 Å². The van der Waals surface area contributed by atoms with Crippen LogP contribution in [0.4, 0.5) is 0 Å². The molecule has 0 aromatic heterocycles. The van der Waals surface area contributed by atoms with E-state index in [2.05, 4.69) is 27.3 Å². The molecule has 0 heterocycles. The molecule has 0 aliphatic heterocycles. The van der Waals surface area contributed by atoms with Gasteiger partial charge in [-0.15, -0.1) is 0 Å². The fourth-order valence-corrected chi connectivity index (χ4v) is 1.93. The lowest BCUT2D eigenvalue weighted by Gasteiger charge is -1.99. The Kier molecular flexibility index (Phi) is 6.72. The predicted octanol–water partition coefficient (Wildman–Crippen LogP) is 3.46. The van der Waals surface area contributed by atoms with Crippen LogP contribution in [0.15, 0.2) is 54.6 Å². The number of carboxylic acids is 1. The van der Waals surface area contributed by atoms with Gasteiger partial charge in [0, 0.05) is 3.57 Å². The average molecular weight is 384 g/mol. The number of ether oxygens (including phenoxy) is 1. The van der Waals surface area contributed by atoms with Gasteiger partial charge in [0.05, 0.1) is 18.2 Å². The summed E-state index contributed by atoms with van der Waals surface area (Å²) in [6, 6.07) is 15.6. The molecule has 0 spiro atoms. The van der Waals surface area contributed by atoms with E-state index in [1.807, 2.05) is 18.2 Å². The van der Waals surface area contributed by atoms with E-state index in [0.717, 1.165) is 3.57 Å². The molecule has 104 valence electrons. The van der Waals surface area contributed by atoms with Crippen molar-refractivity contribution in [2.75, 3.05) is 7.11 Å². The molecule has 0 saturated heterocycles. The lowest BCUT2D eigenvalue weighted by Crippen LogP contribution is -2.02. The van der Waals surface area contributed by atoms with Gasteiger partial charge in [0.2, 0.25) is 0 Å². The van der Waals surface area contributed by atoms with Crippen LogP contribution in [-0.2, 0) is 4.74 Å². The van der Waals surface area contributed by atoms with Crippen molar-refractivity contribution >= 4 is 34.5 Å². The van der Waals surface area contributed by atoms with Crippen LogP contribution >= 0.6 is 22.6 Å². The number of carboxylic acid groups (broad SMARTS) is 1. The molecule has 0 atom stereocenters. The van der Waals surface area contributed by atoms with Crippen LogP contribution in [0.3, 0.4) is 0 Å². The van der Waals surface area contributed by atoms with Gasteiger partial charge in [-0.05, 0) is 46.9 Å². The van der Waals surface area contributed by atoms with Crippen LogP contribution < -0.4 is 0 Å². The van der Waals surface area contributed by atoms with Crippen LogP contribution in [-0.4, -0.2) is 24.2 Å². The summed E-state index contributed by atoms with van der Waals surface area (Å²) in [5, 5.41) is 8.38. The average Bonchev–Trinajstić information content (AvgIpc) is 2.48. The van der Waals surface area contributed by atoms with Gasteiger partial charge in [0.15, 0.2) is 0 Å². The summed E-state index contributed by atoms with van der Waals surface area (Å²) in [5.74, 6) is -1.16. The molecule has 0 aliphatic rings. The smallest absolute Gasteiger partial charge is 0.338 e. The van der Waals surface area contributed by atoms with Crippen molar-refractivity contribution in [1.82, 2.24) is 0 Å². The van der Waals surface area contributed by atoms with E-state index in [1.54, 1.807) is 36.4 Å². The number of aromatic carboxylic acids is 1. The number of benzene rings is 2. The second-order valence-electron chi connectivity index (χ2n) is 3.64. The molecule has 4 nitrogen and oxygen atoms in total. The monoisotopic (exact) mass is 384 g/mol.